The van der Waals surface area contributed by atoms with Gasteiger partial charge >= 0.3 is 6.03 Å². The number of nitrogens with one attached hydrogen (secondary N) is 1. The van der Waals surface area contributed by atoms with E-state index in [-0.39, 0.29) is 30.6 Å². The van der Waals surface area contributed by atoms with Crippen LogP contribution in [-0.4, -0.2) is 62.2 Å². The van der Waals surface area contributed by atoms with Crippen molar-refractivity contribution in [1.82, 2.24) is 29.9 Å². The van der Waals surface area contributed by atoms with Crippen LogP contribution in [0.15, 0.2) is 30.3 Å². The summed E-state index contributed by atoms with van der Waals surface area (Å²) < 4.78 is 1.88. The summed E-state index contributed by atoms with van der Waals surface area (Å²) in [5.74, 6) is 1.62. The van der Waals surface area contributed by atoms with Crippen LogP contribution in [0.1, 0.15) is 42.5 Å². The van der Waals surface area contributed by atoms with E-state index in [1.165, 1.54) is 0 Å². The Balaban J connectivity index is 1.35. The highest BCUT2D eigenvalue weighted by atomic mass is 16.2. The van der Waals surface area contributed by atoms with Crippen molar-refractivity contribution < 1.29 is 9.59 Å². The lowest BCUT2D eigenvalue weighted by molar-refractivity contribution is -0.133. The van der Waals surface area contributed by atoms with Gasteiger partial charge in [-0.25, -0.2) is 14.5 Å². The molecule has 2 aliphatic rings. The fourth-order valence-electron chi connectivity index (χ4n) is 4.33. The first-order valence-corrected chi connectivity index (χ1v) is 10.3. The van der Waals surface area contributed by atoms with Gasteiger partial charge in [-0.1, -0.05) is 30.3 Å². The van der Waals surface area contributed by atoms with E-state index in [1.807, 2.05) is 53.8 Å². The number of benzene rings is 1. The molecule has 0 saturated carbocycles. The standard InChI is InChI=1S/C21H28N6O2/c1-15-22-16(2)27(24-15)13-18-9-6-11-26(18)20(28)14-25-12-10-19(23-21(25)29)17-7-4-3-5-8-17/h3-5,7-8,18-19H,6,9-14H2,1-2H3,(H,23,29)/t18-,19?/m0/s1. The molecule has 0 bridgehead atoms. The Morgan fingerprint density at radius 3 is 2.66 bits per heavy atom. The van der Waals surface area contributed by atoms with Gasteiger partial charge in [0.2, 0.25) is 5.91 Å². The van der Waals surface area contributed by atoms with E-state index in [9.17, 15) is 9.59 Å². The first-order chi connectivity index (χ1) is 14.0. The minimum Gasteiger partial charge on any atom is -0.336 e. The molecular formula is C21H28N6O2. The van der Waals surface area contributed by atoms with Crippen molar-refractivity contribution in [2.75, 3.05) is 19.6 Å². The minimum absolute atomic E-state index is 0.00752. The molecule has 8 nitrogen and oxygen atoms in total. The summed E-state index contributed by atoms with van der Waals surface area (Å²) in [5, 5.41) is 7.46. The summed E-state index contributed by atoms with van der Waals surface area (Å²) >= 11 is 0. The van der Waals surface area contributed by atoms with E-state index in [0.29, 0.717) is 13.1 Å². The van der Waals surface area contributed by atoms with Crippen LogP contribution in [0, 0.1) is 13.8 Å². The maximum absolute atomic E-state index is 13.0. The molecule has 1 aromatic carbocycles. The van der Waals surface area contributed by atoms with Crippen LogP contribution in [-0.2, 0) is 11.3 Å². The topological polar surface area (TPSA) is 83.4 Å². The Labute approximate surface area is 170 Å². The predicted octanol–water partition coefficient (Wildman–Crippen LogP) is 2.04. The quantitative estimate of drug-likeness (QED) is 0.838. The summed E-state index contributed by atoms with van der Waals surface area (Å²) in [4.78, 5) is 33.4. The molecule has 2 fully saturated rings. The molecule has 29 heavy (non-hydrogen) atoms. The molecule has 154 valence electrons. The second-order valence-corrected chi connectivity index (χ2v) is 7.89. The Bertz CT molecular complexity index is 881. The second kappa shape index (κ2) is 8.23. The highest BCUT2D eigenvalue weighted by molar-refractivity contribution is 5.85. The van der Waals surface area contributed by atoms with Crippen LogP contribution >= 0.6 is 0 Å². The zero-order valence-corrected chi connectivity index (χ0v) is 17.0. The zero-order valence-electron chi connectivity index (χ0n) is 17.0. The predicted molar refractivity (Wildman–Crippen MR) is 108 cm³/mol. The van der Waals surface area contributed by atoms with Crippen molar-refractivity contribution in [3.05, 3.63) is 47.5 Å². The Kier molecular flexibility index (Phi) is 5.51. The van der Waals surface area contributed by atoms with Gasteiger partial charge in [0.15, 0.2) is 0 Å². The van der Waals surface area contributed by atoms with E-state index < -0.39 is 0 Å². The Morgan fingerprint density at radius 1 is 1.17 bits per heavy atom. The van der Waals surface area contributed by atoms with Crippen molar-refractivity contribution in [3.8, 4) is 0 Å². The molecule has 2 aliphatic heterocycles. The van der Waals surface area contributed by atoms with Gasteiger partial charge in [-0.2, -0.15) is 5.10 Å². The van der Waals surface area contributed by atoms with Crippen molar-refractivity contribution in [2.24, 2.45) is 0 Å². The normalized spacial score (nSPS) is 22.1. The summed E-state index contributed by atoms with van der Waals surface area (Å²) in [6.07, 6.45) is 2.72. The number of hydrogen-bond donors (Lipinski definition) is 1. The number of urea groups is 1. The van der Waals surface area contributed by atoms with Crippen molar-refractivity contribution in [2.45, 2.75) is 51.7 Å². The van der Waals surface area contributed by atoms with E-state index in [4.69, 9.17) is 0 Å². The molecule has 3 heterocycles. The van der Waals surface area contributed by atoms with E-state index >= 15 is 0 Å². The first-order valence-electron chi connectivity index (χ1n) is 10.3. The number of likely N-dealkylation sites (tertiary alicyclic amines) is 1. The third-order valence-corrected chi connectivity index (χ3v) is 5.84. The number of aryl methyl sites for hydroxylation is 2. The van der Waals surface area contributed by atoms with E-state index in [2.05, 4.69) is 15.4 Å². The summed E-state index contributed by atoms with van der Waals surface area (Å²) in [5.41, 5.74) is 1.10. The average molecular weight is 396 g/mol. The number of hydrogen-bond acceptors (Lipinski definition) is 4. The van der Waals surface area contributed by atoms with Gasteiger partial charge < -0.3 is 15.1 Å². The van der Waals surface area contributed by atoms with Gasteiger partial charge in [0, 0.05) is 13.1 Å². The van der Waals surface area contributed by atoms with Gasteiger partial charge in [-0.05, 0) is 38.7 Å². The number of rotatable bonds is 5. The number of carbonyl (C=O) groups excluding carboxylic acids is 2. The van der Waals surface area contributed by atoms with Crippen molar-refractivity contribution in [1.29, 1.82) is 0 Å². The van der Waals surface area contributed by atoms with Gasteiger partial charge in [-0.15, -0.1) is 0 Å². The van der Waals surface area contributed by atoms with Crippen LogP contribution in [0.4, 0.5) is 4.79 Å². The summed E-state index contributed by atoms with van der Waals surface area (Å²) in [6.45, 7) is 5.90. The maximum atomic E-state index is 13.0. The molecule has 8 heteroatoms. The lowest BCUT2D eigenvalue weighted by Crippen LogP contribution is -2.52. The van der Waals surface area contributed by atoms with Crippen LogP contribution in [0.5, 0.6) is 0 Å². The van der Waals surface area contributed by atoms with Crippen LogP contribution < -0.4 is 5.32 Å². The minimum atomic E-state index is -0.169. The number of nitrogens with zero attached hydrogens (tertiary/aromatic N) is 5. The molecular weight excluding hydrogens is 368 g/mol. The smallest absolute Gasteiger partial charge is 0.318 e. The van der Waals surface area contributed by atoms with Crippen LogP contribution in [0.2, 0.25) is 0 Å². The molecule has 0 aliphatic carbocycles. The Morgan fingerprint density at radius 2 is 1.97 bits per heavy atom. The number of amides is 3. The van der Waals surface area contributed by atoms with Crippen LogP contribution in [0.3, 0.4) is 0 Å². The molecule has 1 N–H and O–H groups in total. The number of carbonyl (C=O) groups is 2. The molecule has 0 radical (unpaired) electrons. The van der Waals surface area contributed by atoms with Gasteiger partial charge in [-0.3, -0.25) is 4.79 Å². The second-order valence-electron chi connectivity index (χ2n) is 7.89. The van der Waals surface area contributed by atoms with Gasteiger partial charge in [0.25, 0.3) is 0 Å². The van der Waals surface area contributed by atoms with Crippen LogP contribution in [0.25, 0.3) is 0 Å². The Hall–Kier alpha value is -2.90. The molecule has 1 aromatic heterocycles. The van der Waals surface area contributed by atoms with Gasteiger partial charge in [0.05, 0.1) is 18.6 Å². The lowest BCUT2D eigenvalue weighted by atomic mass is 10.0. The van der Waals surface area contributed by atoms with Crippen molar-refractivity contribution >= 4 is 11.9 Å². The fourth-order valence-corrected chi connectivity index (χ4v) is 4.33. The maximum Gasteiger partial charge on any atom is 0.318 e. The molecule has 2 saturated heterocycles. The summed E-state index contributed by atoms with van der Waals surface area (Å²) in [6, 6.07) is 9.90. The van der Waals surface area contributed by atoms with E-state index in [0.717, 1.165) is 43.0 Å². The highest BCUT2D eigenvalue weighted by Gasteiger charge is 2.33. The van der Waals surface area contributed by atoms with E-state index in [1.54, 1.807) is 4.90 Å². The lowest BCUT2D eigenvalue weighted by Gasteiger charge is -2.34. The molecule has 4 rings (SSSR count). The monoisotopic (exact) mass is 396 g/mol. The summed E-state index contributed by atoms with van der Waals surface area (Å²) in [7, 11) is 0. The highest BCUT2D eigenvalue weighted by Crippen LogP contribution is 2.23. The largest absolute Gasteiger partial charge is 0.336 e. The number of aromatic nitrogens is 3. The third kappa shape index (κ3) is 4.26. The zero-order chi connectivity index (χ0) is 20.4. The molecule has 3 amide bonds. The fraction of sp³-hybridized carbons (Fsp3) is 0.524. The average Bonchev–Trinajstić information content (AvgIpc) is 3.30. The molecule has 2 aromatic rings. The molecule has 1 unspecified atom stereocenters. The van der Waals surface area contributed by atoms with Gasteiger partial charge in [0.1, 0.15) is 18.2 Å². The first kappa shape index (κ1) is 19.4. The molecule has 0 spiro atoms. The third-order valence-electron chi connectivity index (χ3n) is 5.84. The molecule has 2 atom stereocenters. The van der Waals surface area contributed by atoms with Crippen molar-refractivity contribution in [3.63, 3.8) is 0 Å². The SMILES string of the molecule is Cc1nc(C)n(C[C@@H]2CCCN2C(=O)CN2CCC(c3ccccc3)NC2=O)n1.